The Kier molecular flexibility index (Phi) is 4.72. The van der Waals surface area contributed by atoms with Gasteiger partial charge < -0.3 is 14.5 Å². The van der Waals surface area contributed by atoms with Gasteiger partial charge in [-0.1, -0.05) is 18.2 Å². The van der Waals surface area contributed by atoms with Gasteiger partial charge in [0.15, 0.2) is 0 Å². The molecule has 1 heterocycles. The number of rotatable bonds is 7. The van der Waals surface area contributed by atoms with Crippen molar-refractivity contribution >= 4 is 0 Å². The van der Waals surface area contributed by atoms with Gasteiger partial charge in [0.2, 0.25) is 11.8 Å². The molecule has 0 unspecified atom stereocenters. The summed E-state index contributed by atoms with van der Waals surface area (Å²) in [7, 11) is 1.89. The molecule has 0 aliphatic carbocycles. The van der Waals surface area contributed by atoms with Crippen LogP contribution in [-0.2, 0) is 12.8 Å². The summed E-state index contributed by atoms with van der Waals surface area (Å²) >= 11 is 0. The highest BCUT2D eigenvalue weighted by Gasteiger charge is 2.05. The van der Waals surface area contributed by atoms with Gasteiger partial charge in [0.1, 0.15) is 5.75 Å². The van der Waals surface area contributed by atoms with Crippen molar-refractivity contribution in [2.75, 3.05) is 20.2 Å². The fourth-order valence-corrected chi connectivity index (χ4v) is 1.50. The maximum absolute atomic E-state index is 5.56. The Labute approximate surface area is 106 Å². The molecule has 1 N–H and O–H groups in total. The zero-order valence-corrected chi connectivity index (χ0v) is 10.4. The Balaban J connectivity index is 1.75. The van der Waals surface area contributed by atoms with E-state index in [1.165, 1.54) is 0 Å². The van der Waals surface area contributed by atoms with Crippen molar-refractivity contribution in [2.45, 2.75) is 12.8 Å². The number of nitrogens with one attached hydrogen (secondary N) is 1. The van der Waals surface area contributed by atoms with Gasteiger partial charge in [0, 0.05) is 13.0 Å². The van der Waals surface area contributed by atoms with Crippen LogP contribution in [0.25, 0.3) is 0 Å². The first kappa shape index (κ1) is 12.6. The summed E-state index contributed by atoms with van der Waals surface area (Å²) in [6.45, 7) is 1.37. The van der Waals surface area contributed by atoms with Crippen molar-refractivity contribution in [3.8, 4) is 5.75 Å². The summed E-state index contributed by atoms with van der Waals surface area (Å²) in [5.41, 5.74) is 0. The molecule has 0 bridgehead atoms. The minimum Gasteiger partial charge on any atom is -0.493 e. The Morgan fingerprint density at radius 2 is 1.83 bits per heavy atom. The van der Waals surface area contributed by atoms with Crippen LogP contribution in [0.15, 0.2) is 34.7 Å². The predicted octanol–water partition coefficient (Wildman–Crippen LogP) is 1.45. The highest BCUT2D eigenvalue weighted by atomic mass is 16.5. The second-order valence-corrected chi connectivity index (χ2v) is 3.85. The van der Waals surface area contributed by atoms with Crippen molar-refractivity contribution < 1.29 is 9.15 Å². The summed E-state index contributed by atoms with van der Waals surface area (Å²) in [6.07, 6.45) is 1.38. The average Bonchev–Trinajstić information content (AvgIpc) is 2.85. The topological polar surface area (TPSA) is 60.2 Å². The van der Waals surface area contributed by atoms with Crippen LogP contribution in [0.2, 0.25) is 0 Å². The molecule has 0 saturated heterocycles. The third-order valence-corrected chi connectivity index (χ3v) is 2.43. The van der Waals surface area contributed by atoms with Crippen LogP contribution in [0.5, 0.6) is 5.75 Å². The van der Waals surface area contributed by atoms with Crippen LogP contribution in [0.3, 0.4) is 0 Å². The minimum absolute atomic E-state index is 0.539. The molecule has 0 saturated carbocycles. The van der Waals surface area contributed by atoms with E-state index in [0.29, 0.717) is 24.8 Å². The van der Waals surface area contributed by atoms with E-state index in [1.807, 2.05) is 37.4 Å². The van der Waals surface area contributed by atoms with E-state index < -0.39 is 0 Å². The number of benzene rings is 1. The monoisotopic (exact) mass is 247 g/mol. The predicted molar refractivity (Wildman–Crippen MR) is 67.6 cm³/mol. The van der Waals surface area contributed by atoms with Crippen molar-refractivity contribution in [1.82, 2.24) is 15.5 Å². The first-order chi connectivity index (χ1) is 8.88. The number of aromatic nitrogens is 2. The second-order valence-electron chi connectivity index (χ2n) is 3.85. The zero-order chi connectivity index (χ0) is 12.6. The molecule has 0 radical (unpaired) electrons. The van der Waals surface area contributed by atoms with Crippen LogP contribution in [0.4, 0.5) is 0 Å². The highest BCUT2D eigenvalue weighted by Crippen LogP contribution is 2.09. The van der Waals surface area contributed by atoms with Crippen LogP contribution >= 0.6 is 0 Å². The van der Waals surface area contributed by atoms with Crippen molar-refractivity contribution in [3.63, 3.8) is 0 Å². The minimum atomic E-state index is 0.539. The lowest BCUT2D eigenvalue weighted by atomic mass is 10.3. The molecule has 1 aromatic heterocycles. The summed E-state index contributed by atoms with van der Waals surface area (Å²) in [4.78, 5) is 0. The van der Waals surface area contributed by atoms with Crippen LogP contribution in [0, 0.1) is 0 Å². The Morgan fingerprint density at radius 3 is 2.56 bits per heavy atom. The smallest absolute Gasteiger partial charge is 0.219 e. The Morgan fingerprint density at radius 1 is 1.11 bits per heavy atom. The first-order valence-electron chi connectivity index (χ1n) is 6.02. The van der Waals surface area contributed by atoms with E-state index in [4.69, 9.17) is 9.15 Å². The number of hydrogen-bond donors (Lipinski definition) is 1. The van der Waals surface area contributed by atoms with E-state index >= 15 is 0 Å². The van der Waals surface area contributed by atoms with Gasteiger partial charge in [-0.2, -0.15) is 0 Å². The third-order valence-electron chi connectivity index (χ3n) is 2.43. The Bertz CT molecular complexity index is 456. The summed E-state index contributed by atoms with van der Waals surface area (Å²) in [6, 6.07) is 9.69. The van der Waals surface area contributed by atoms with Crippen molar-refractivity contribution in [2.24, 2.45) is 0 Å². The van der Waals surface area contributed by atoms with Gasteiger partial charge in [0.25, 0.3) is 0 Å². The fraction of sp³-hybridized carbons (Fsp3) is 0.385. The van der Waals surface area contributed by atoms with Gasteiger partial charge in [0.05, 0.1) is 13.0 Å². The molecule has 1 aromatic carbocycles. The van der Waals surface area contributed by atoms with E-state index in [0.717, 1.165) is 18.7 Å². The molecule has 0 fully saturated rings. The van der Waals surface area contributed by atoms with Gasteiger partial charge >= 0.3 is 0 Å². The maximum atomic E-state index is 5.56. The number of hydrogen-bond acceptors (Lipinski definition) is 5. The molecule has 2 rings (SSSR count). The number of para-hydroxylation sites is 1. The van der Waals surface area contributed by atoms with Crippen LogP contribution in [-0.4, -0.2) is 30.4 Å². The van der Waals surface area contributed by atoms with Gasteiger partial charge in [-0.3, -0.25) is 0 Å². The third kappa shape index (κ3) is 3.85. The molecule has 0 spiro atoms. The molecular formula is C13H17N3O2. The van der Waals surface area contributed by atoms with Gasteiger partial charge in [-0.15, -0.1) is 10.2 Å². The lowest BCUT2D eigenvalue weighted by Gasteiger charge is -2.02. The molecule has 2 aromatic rings. The largest absolute Gasteiger partial charge is 0.493 e. The van der Waals surface area contributed by atoms with E-state index in [1.54, 1.807) is 0 Å². The molecule has 5 heteroatoms. The van der Waals surface area contributed by atoms with Crippen molar-refractivity contribution in [1.29, 1.82) is 0 Å². The SMILES string of the molecule is CNCCc1nnc(CCOc2ccccc2)o1. The lowest BCUT2D eigenvalue weighted by Crippen LogP contribution is -2.10. The van der Waals surface area contributed by atoms with Gasteiger partial charge in [-0.25, -0.2) is 0 Å². The molecule has 0 atom stereocenters. The summed E-state index contributed by atoms with van der Waals surface area (Å²) in [5, 5.41) is 11.0. The van der Waals surface area contributed by atoms with Crippen molar-refractivity contribution in [3.05, 3.63) is 42.1 Å². The van der Waals surface area contributed by atoms with Gasteiger partial charge in [-0.05, 0) is 19.2 Å². The molecule has 0 amide bonds. The van der Waals surface area contributed by atoms with Crippen LogP contribution in [0.1, 0.15) is 11.8 Å². The molecule has 18 heavy (non-hydrogen) atoms. The zero-order valence-electron chi connectivity index (χ0n) is 10.4. The molecule has 5 nitrogen and oxygen atoms in total. The second kappa shape index (κ2) is 6.76. The Hall–Kier alpha value is -1.88. The standard InChI is InChI=1S/C13H17N3O2/c1-14-9-7-12-15-16-13(18-12)8-10-17-11-5-3-2-4-6-11/h2-6,14H,7-10H2,1H3. The quantitative estimate of drug-likeness (QED) is 0.802. The summed E-state index contributed by atoms with van der Waals surface area (Å²) in [5.74, 6) is 2.14. The maximum Gasteiger partial charge on any atom is 0.219 e. The molecule has 0 aliphatic rings. The molecular weight excluding hydrogens is 230 g/mol. The summed E-state index contributed by atoms with van der Waals surface area (Å²) < 4.78 is 11.0. The van der Waals surface area contributed by atoms with E-state index in [-0.39, 0.29) is 0 Å². The highest BCUT2D eigenvalue weighted by molar-refractivity contribution is 5.20. The molecule has 0 aliphatic heterocycles. The number of ether oxygens (including phenoxy) is 1. The average molecular weight is 247 g/mol. The fourth-order valence-electron chi connectivity index (χ4n) is 1.50. The van der Waals surface area contributed by atoms with Crippen LogP contribution < -0.4 is 10.1 Å². The van der Waals surface area contributed by atoms with E-state index in [2.05, 4.69) is 15.5 Å². The normalized spacial score (nSPS) is 10.5. The van der Waals surface area contributed by atoms with E-state index in [9.17, 15) is 0 Å². The number of nitrogens with zero attached hydrogens (tertiary/aromatic N) is 2. The molecule has 96 valence electrons. The lowest BCUT2D eigenvalue weighted by molar-refractivity contribution is 0.303. The number of likely N-dealkylation sites (N-methyl/N-ethyl adjacent to an activating group) is 1. The first-order valence-corrected chi connectivity index (χ1v) is 6.02.